The van der Waals surface area contributed by atoms with Gasteiger partial charge in [-0.05, 0) is 6.42 Å². The minimum Gasteiger partial charge on any atom is -0.368 e. The van der Waals surface area contributed by atoms with Crippen LogP contribution in [0.3, 0.4) is 0 Å². The Morgan fingerprint density at radius 2 is 2.50 bits per heavy atom. The van der Waals surface area contributed by atoms with E-state index in [1.54, 1.807) is 6.20 Å². The largest absolute Gasteiger partial charge is 0.368 e. The van der Waals surface area contributed by atoms with Crippen LogP contribution in [0.2, 0.25) is 0 Å². The third kappa shape index (κ3) is 1.71. The molecule has 0 aromatic heterocycles. The molecule has 5 heteroatoms. The Labute approximate surface area is 82.7 Å². The van der Waals surface area contributed by atoms with Crippen molar-refractivity contribution in [2.45, 2.75) is 18.9 Å². The summed E-state index contributed by atoms with van der Waals surface area (Å²) in [5.74, 6) is 0.618. The van der Waals surface area contributed by atoms with Gasteiger partial charge >= 0.3 is 0 Å². The molecule has 2 aliphatic heterocycles. The predicted octanol–water partition coefficient (Wildman–Crippen LogP) is -0.591. The lowest BCUT2D eigenvalue weighted by Crippen LogP contribution is -2.51. The van der Waals surface area contributed by atoms with Gasteiger partial charge in [-0.15, -0.1) is 0 Å². The van der Waals surface area contributed by atoms with Crippen LogP contribution in [-0.2, 0) is 4.79 Å². The number of carbonyl (C=O) groups is 1. The molecule has 3 N–H and O–H groups in total. The second-order valence-electron chi connectivity index (χ2n) is 3.51. The highest BCUT2D eigenvalue weighted by molar-refractivity contribution is 5.80. The van der Waals surface area contributed by atoms with Crippen molar-refractivity contribution in [2.24, 2.45) is 10.7 Å². The molecule has 0 radical (unpaired) electrons. The number of hydrogen-bond donors (Lipinski definition) is 2. The van der Waals surface area contributed by atoms with Crippen LogP contribution in [0.1, 0.15) is 12.8 Å². The summed E-state index contributed by atoms with van der Waals surface area (Å²) in [7, 11) is 0. The number of carbonyl (C=O) groups excluding carboxylic acids is 1. The lowest BCUT2D eigenvalue weighted by atomic mass is 10.1. The molecule has 2 aliphatic rings. The molecule has 1 fully saturated rings. The zero-order valence-electron chi connectivity index (χ0n) is 7.94. The van der Waals surface area contributed by atoms with Crippen LogP contribution in [0, 0.1) is 0 Å². The van der Waals surface area contributed by atoms with Gasteiger partial charge in [0, 0.05) is 25.7 Å². The Morgan fingerprint density at radius 3 is 3.29 bits per heavy atom. The van der Waals surface area contributed by atoms with Crippen LogP contribution >= 0.6 is 0 Å². The summed E-state index contributed by atoms with van der Waals surface area (Å²) in [4.78, 5) is 17.3. The Balaban J connectivity index is 2.09. The van der Waals surface area contributed by atoms with E-state index in [1.807, 2.05) is 6.21 Å². The summed E-state index contributed by atoms with van der Waals surface area (Å²) in [5, 5.41) is 3.09. The molecule has 1 unspecified atom stereocenters. The normalized spacial score (nSPS) is 25.9. The molecular weight excluding hydrogens is 180 g/mol. The first-order valence-corrected chi connectivity index (χ1v) is 4.80. The molecule has 1 atom stereocenters. The van der Waals surface area contributed by atoms with Crippen molar-refractivity contribution in [2.75, 3.05) is 13.1 Å². The molecule has 0 aromatic carbocycles. The maximum Gasteiger partial charge on any atom is 0.240 e. The minimum absolute atomic E-state index is 0.245. The summed E-state index contributed by atoms with van der Waals surface area (Å²) >= 11 is 0. The van der Waals surface area contributed by atoms with Gasteiger partial charge in [0.05, 0.1) is 6.20 Å². The van der Waals surface area contributed by atoms with Crippen molar-refractivity contribution in [3.8, 4) is 0 Å². The molecule has 0 aromatic rings. The molecule has 0 aliphatic carbocycles. The summed E-state index contributed by atoms with van der Waals surface area (Å²) in [6.45, 7) is 1.82. The molecule has 0 bridgehead atoms. The number of fused-ring (bicyclic) bond motifs is 1. The van der Waals surface area contributed by atoms with E-state index in [0.717, 1.165) is 31.8 Å². The van der Waals surface area contributed by atoms with Gasteiger partial charge in [-0.2, -0.15) is 0 Å². The zero-order chi connectivity index (χ0) is 9.97. The number of nitrogens with two attached hydrogens (primary N) is 1. The molecule has 5 nitrogen and oxygen atoms in total. The van der Waals surface area contributed by atoms with Gasteiger partial charge in [-0.25, -0.2) is 0 Å². The highest BCUT2D eigenvalue weighted by Crippen LogP contribution is 2.14. The van der Waals surface area contributed by atoms with E-state index < -0.39 is 0 Å². The fraction of sp³-hybridized carbons (Fsp3) is 0.556. The van der Waals surface area contributed by atoms with Crippen LogP contribution in [0.25, 0.3) is 0 Å². The molecule has 0 spiro atoms. The average Bonchev–Trinajstić information content (AvgIpc) is 2.41. The lowest BCUT2D eigenvalue weighted by Gasteiger charge is -2.34. The molecule has 2 heterocycles. The zero-order valence-corrected chi connectivity index (χ0v) is 7.94. The van der Waals surface area contributed by atoms with Crippen LogP contribution < -0.4 is 11.1 Å². The Kier molecular flexibility index (Phi) is 2.39. The number of rotatable bonds is 1. The molecule has 1 amide bonds. The van der Waals surface area contributed by atoms with Gasteiger partial charge in [-0.3, -0.25) is 9.79 Å². The predicted molar refractivity (Wildman–Crippen MR) is 53.5 cm³/mol. The fourth-order valence-corrected chi connectivity index (χ4v) is 1.72. The standard InChI is InChI=1S/C9H14N4O/c10-9(14)7-2-5-13-4-1-3-11-6-8(13)12-7/h3,6-7,12H,1-2,4-5H2,(H2,10,14). The van der Waals surface area contributed by atoms with Crippen LogP contribution in [0.4, 0.5) is 0 Å². The van der Waals surface area contributed by atoms with Crippen molar-refractivity contribution in [1.82, 2.24) is 10.2 Å². The van der Waals surface area contributed by atoms with E-state index in [0.29, 0.717) is 0 Å². The summed E-state index contributed by atoms with van der Waals surface area (Å²) < 4.78 is 0. The second-order valence-corrected chi connectivity index (χ2v) is 3.51. The number of nitrogens with zero attached hydrogens (tertiary/aromatic N) is 2. The SMILES string of the molecule is NC(=O)C1CCN2CCC=NC=C2N1. The van der Waals surface area contributed by atoms with Gasteiger partial charge in [-0.1, -0.05) is 0 Å². The lowest BCUT2D eigenvalue weighted by molar-refractivity contribution is -0.120. The molecule has 0 saturated carbocycles. The van der Waals surface area contributed by atoms with E-state index in [9.17, 15) is 4.79 Å². The molecule has 2 rings (SSSR count). The van der Waals surface area contributed by atoms with Gasteiger partial charge in [0.2, 0.25) is 5.91 Å². The highest BCUT2D eigenvalue weighted by atomic mass is 16.1. The van der Waals surface area contributed by atoms with Crippen molar-refractivity contribution in [1.29, 1.82) is 0 Å². The highest BCUT2D eigenvalue weighted by Gasteiger charge is 2.25. The third-order valence-corrected chi connectivity index (χ3v) is 2.52. The van der Waals surface area contributed by atoms with Crippen molar-refractivity contribution in [3.05, 3.63) is 12.0 Å². The van der Waals surface area contributed by atoms with Crippen LogP contribution in [0.15, 0.2) is 17.0 Å². The maximum atomic E-state index is 11.0. The van der Waals surface area contributed by atoms with Gasteiger partial charge < -0.3 is 16.0 Å². The summed E-state index contributed by atoms with van der Waals surface area (Å²) in [6.07, 6.45) is 5.35. The summed E-state index contributed by atoms with van der Waals surface area (Å²) in [5.41, 5.74) is 5.24. The smallest absolute Gasteiger partial charge is 0.240 e. The van der Waals surface area contributed by atoms with E-state index in [1.165, 1.54) is 0 Å². The number of nitrogens with one attached hydrogen (secondary N) is 1. The first-order chi connectivity index (χ1) is 6.77. The fourth-order valence-electron chi connectivity index (χ4n) is 1.72. The molecular formula is C9H14N4O. The van der Waals surface area contributed by atoms with Crippen LogP contribution in [-0.4, -0.2) is 36.2 Å². The topological polar surface area (TPSA) is 70.7 Å². The average molecular weight is 194 g/mol. The summed E-state index contributed by atoms with van der Waals surface area (Å²) in [6, 6.07) is -0.245. The molecule has 14 heavy (non-hydrogen) atoms. The molecule has 76 valence electrons. The van der Waals surface area contributed by atoms with E-state index >= 15 is 0 Å². The van der Waals surface area contributed by atoms with E-state index in [-0.39, 0.29) is 11.9 Å². The first kappa shape index (κ1) is 9.05. The number of primary amides is 1. The number of aliphatic imine (C=N–C) groups is 1. The van der Waals surface area contributed by atoms with Gasteiger partial charge in [0.1, 0.15) is 11.9 Å². The molecule has 1 saturated heterocycles. The maximum absolute atomic E-state index is 11.0. The monoisotopic (exact) mass is 194 g/mol. The van der Waals surface area contributed by atoms with Crippen molar-refractivity contribution < 1.29 is 4.79 Å². The Morgan fingerprint density at radius 1 is 1.64 bits per heavy atom. The second kappa shape index (κ2) is 3.69. The van der Waals surface area contributed by atoms with Crippen molar-refractivity contribution in [3.63, 3.8) is 0 Å². The first-order valence-electron chi connectivity index (χ1n) is 4.80. The van der Waals surface area contributed by atoms with Crippen molar-refractivity contribution >= 4 is 12.1 Å². The minimum atomic E-state index is -0.293. The quantitative estimate of drug-likeness (QED) is 0.586. The van der Waals surface area contributed by atoms with E-state index in [4.69, 9.17) is 5.73 Å². The third-order valence-electron chi connectivity index (χ3n) is 2.52. The van der Waals surface area contributed by atoms with E-state index in [2.05, 4.69) is 15.2 Å². The Bertz CT molecular complexity index is 297. The van der Waals surface area contributed by atoms with Crippen LogP contribution in [0.5, 0.6) is 0 Å². The Hall–Kier alpha value is -1.52. The number of hydrogen-bond acceptors (Lipinski definition) is 4. The van der Waals surface area contributed by atoms with Gasteiger partial charge in [0.15, 0.2) is 0 Å². The number of amides is 1. The van der Waals surface area contributed by atoms with Gasteiger partial charge in [0.25, 0.3) is 0 Å².